The molecule has 0 saturated carbocycles. The van der Waals surface area contributed by atoms with Crippen molar-refractivity contribution >= 4 is 15.5 Å². The number of pyridine rings is 1. The van der Waals surface area contributed by atoms with Gasteiger partial charge in [-0.05, 0) is 25.1 Å². The maximum atomic E-state index is 12.2. The first-order valence-electron chi connectivity index (χ1n) is 5.78. The summed E-state index contributed by atoms with van der Waals surface area (Å²) in [5.74, 6) is -0.493. The summed E-state index contributed by atoms with van der Waals surface area (Å²) in [7, 11) is -3.65. The molecule has 1 aromatic heterocycles. The molecule has 0 amide bonds. The molecule has 20 heavy (non-hydrogen) atoms. The highest BCUT2D eigenvalue weighted by Crippen LogP contribution is 2.22. The van der Waals surface area contributed by atoms with Gasteiger partial charge in [-0.15, -0.1) is 0 Å². The molecule has 6 nitrogen and oxygen atoms in total. The van der Waals surface area contributed by atoms with Gasteiger partial charge < -0.3 is 0 Å². The summed E-state index contributed by atoms with van der Waals surface area (Å²) in [4.78, 5) is 14.2. The van der Waals surface area contributed by atoms with Gasteiger partial charge in [0.15, 0.2) is 9.84 Å². The maximum Gasteiger partial charge on any atom is 0.291 e. The van der Waals surface area contributed by atoms with Crippen LogP contribution in [0.25, 0.3) is 0 Å². The minimum absolute atomic E-state index is 0.0573. The van der Waals surface area contributed by atoms with E-state index < -0.39 is 20.5 Å². The van der Waals surface area contributed by atoms with Crippen LogP contribution < -0.4 is 0 Å². The van der Waals surface area contributed by atoms with Crippen LogP contribution in [-0.2, 0) is 15.6 Å². The fourth-order valence-electron chi connectivity index (χ4n) is 1.72. The molecule has 0 unspecified atom stereocenters. The summed E-state index contributed by atoms with van der Waals surface area (Å²) in [5, 5.41) is 10.9. The molecule has 7 heteroatoms. The van der Waals surface area contributed by atoms with Crippen LogP contribution in [-0.4, -0.2) is 18.3 Å². The Balaban J connectivity index is 2.38. The minimum Gasteiger partial charge on any atom is -0.258 e. The van der Waals surface area contributed by atoms with Gasteiger partial charge in [-0.2, -0.15) is 0 Å². The van der Waals surface area contributed by atoms with Gasteiger partial charge in [-0.1, -0.05) is 17.7 Å². The molecule has 104 valence electrons. The Hall–Kier alpha value is -2.28. The number of aromatic nitrogens is 1. The number of nitrogens with zero attached hydrogens (tertiary/aromatic N) is 2. The van der Waals surface area contributed by atoms with E-state index in [1.165, 1.54) is 30.5 Å². The summed E-state index contributed by atoms with van der Waals surface area (Å²) >= 11 is 0. The second-order valence-electron chi connectivity index (χ2n) is 4.30. The largest absolute Gasteiger partial charge is 0.291 e. The van der Waals surface area contributed by atoms with Gasteiger partial charge in [-0.3, -0.25) is 15.1 Å². The third-order valence-corrected chi connectivity index (χ3v) is 4.41. The standard InChI is InChI=1S/C13H12N2O4S/c1-10-4-6-11(7-5-10)20(18,19)9-12-13(15(16)17)3-2-8-14-12/h2-8H,9H2,1H3. The first kappa shape index (κ1) is 14.1. The van der Waals surface area contributed by atoms with Gasteiger partial charge in [0, 0.05) is 12.3 Å². The quantitative estimate of drug-likeness (QED) is 0.637. The van der Waals surface area contributed by atoms with E-state index in [1.54, 1.807) is 12.1 Å². The van der Waals surface area contributed by atoms with E-state index in [1.807, 2.05) is 6.92 Å². The molecule has 0 aliphatic heterocycles. The van der Waals surface area contributed by atoms with E-state index in [4.69, 9.17) is 0 Å². The Bertz CT molecular complexity index is 739. The summed E-state index contributed by atoms with van der Waals surface area (Å²) in [6.07, 6.45) is 1.34. The van der Waals surface area contributed by atoms with Gasteiger partial charge in [0.05, 0.1) is 9.82 Å². The lowest BCUT2D eigenvalue weighted by Gasteiger charge is -2.05. The van der Waals surface area contributed by atoms with E-state index in [9.17, 15) is 18.5 Å². The number of hydrogen-bond acceptors (Lipinski definition) is 5. The van der Waals surface area contributed by atoms with Crippen LogP contribution >= 0.6 is 0 Å². The Morgan fingerprint density at radius 2 is 1.85 bits per heavy atom. The maximum absolute atomic E-state index is 12.2. The van der Waals surface area contributed by atoms with Crippen LogP contribution in [0.15, 0.2) is 47.5 Å². The number of nitro groups is 1. The Kier molecular flexibility index (Phi) is 3.80. The highest BCUT2D eigenvalue weighted by Gasteiger charge is 2.22. The first-order valence-corrected chi connectivity index (χ1v) is 7.43. The fraction of sp³-hybridized carbons (Fsp3) is 0.154. The van der Waals surface area contributed by atoms with Gasteiger partial charge in [0.25, 0.3) is 5.69 Å². The first-order chi connectivity index (χ1) is 9.40. The van der Waals surface area contributed by atoms with Crippen LogP contribution in [0.1, 0.15) is 11.3 Å². The number of aryl methyl sites for hydroxylation is 1. The molecule has 0 aliphatic carbocycles. The summed E-state index contributed by atoms with van der Waals surface area (Å²) < 4.78 is 24.5. The van der Waals surface area contributed by atoms with Crippen LogP contribution in [0.5, 0.6) is 0 Å². The molecule has 2 aromatic rings. The topological polar surface area (TPSA) is 90.2 Å². The fourth-order valence-corrected chi connectivity index (χ4v) is 3.02. The second-order valence-corrected chi connectivity index (χ2v) is 6.29. The molecule has 0 fully saturated rings. The van der Waals surface area contributed by atoms with Gasteiger partial charge in [0.2, 0.25) is 0 Å². The van der Waals surface area contributed by atoms with Crippen molar-refractivity contribution in [2.75, 3.05) is 0 Å². The van der Waals surface area contributed by atoms with Gasteiger partial charge >= 0.3 is 0 Å². The summed E-state index contributed by atoms with van der Waals surface area (Å²) in [6, 6.07) is 8.98. The van der Waals surface area contributed by atoms with Crippen molar-refractivity contribution in [1.82, 2.24) is 4.98 Å². The predicted octanol–water partition coefficient (Wildman–Crippen LogP) is 2.27. The normalized spacial score (nSPS) is 11.2. The lowest BCUT2D eigenvalue weighted by atomic mass is 10.2. The van der Waals surface area contributed by atoms with Crippen LogP contribution in [0, 0.1) is 17.0 Å². The van der Waals surface area contributed by atoms with Crippen LogP contribution in [0.3, 0.4) is 0 Å². The van der Waals surface area contributed by atoms with E-state index in [0.29, 0.717) is 0 Å². The van der Waals surface area contributed by atoms with E-state index >= 15 is 0 Å². The highest BCUT2D eigenvalue weighted by atomic mass is 32.2. The molecule has 1 heterocycles. The average Bonchev–Trinajstić information content (AvgIpc) is 2.39. The molecule has 0 aliphatic rings. The molecule has 0 atom stereocenters. The molecular formula is C13H12N2O4S. The number of sulfone groups is 1. The average molecular weight is 292 g/mol. The zero-order valence-corrected chi connectivity index (χ0v) is 11.5. The Morgan fingerprint density at radius 3 is 2.45 bits per heavy atom. The van der Waals surface area contributed by atoms with Crippen molar-refractivity contribution in [2.24, 2.45) is 0 Å². The third kappa shape index (κ3) is 3.00. The smallest absolute Gasteiger partial charge is 0.258 e. The van der Waals surface area contributed by atoms with Crippen molar-refractivity contribution in [2.45, 2.75) is 17.6 Å². The molecule has 2 rings (SSSR count). The van der Waals surface area contributed by atoms with E-state index in [2.05, 4.69) is 4.98 Å². The van der Waals surface area contributed by atoms with Crippen molar-refractivity contribution in [3.8, 4) is 0 Å². The van der Waals surface area contributed by atoms with Gasteiger partial charge in [-0.25, -0.2) is 8.42 Å². The molecule has 0 saturated heterocycles. The van der Waals surface area contributed by atoms with Crippen molar-refractivity contribution < 1.29 is 13.3 Å². The van der Waals surface area contributed by atoms with E-state index in [-0.39, 0.29) is 16.3 Å². The summed E-state index contributed by atoms with van der Waals surface area (Å²) in [5.41, 5.74) is 0.592. The lowest BCUT2D eigenvalue weighted by Crippen LogP contribution is -2.08. The molecule has 0 bridgehead atoms. The zero-order valence-electron chi connectivity index (χ0n) is 10.7. The number of hydrogen-bond donors (Lipinski definition) is 0. The third-order valence-electron chi connectivity index (χ3n) is 2.77. The Labute approximate surface area is 116 Å². The van der Waals surface area contributed by atoms with Crippen LogP contribution in [0.4, 0.5) is 5.69 Å². The van der Waals surface area contributed by atoms with Crippen molar-refractivity contribution in [3.63, 3.8) is 0 Å². The van der Waals surface area contributed by atoms with Crippen LogP contribution in [0.2, 0.25) is 0 Å². The molecular weight excluding hydrogens is 280 g/mol. The molecule has 0 radical (unpaired) electrons. The molecule has 0 spiro atoms. The highest BCUT2D eigenvalue weighted by molar-refractivity contribution is 7.90. The lowest BCUT2D eigenvalue weighted by molar-refractivity contribution is -0.385. The van der Waals surface area contributed by atoms with Crippen molar-refractivity contribution in [3.05, 3.63) is 64.0 Å². The number of rotatable bonds is 4. The minimum atomic E-state index is -3.65. The Morgan fingerprint density at radius 1 is 1.20 bits per heavy atom. The second kappa shape index (κ2) is 5.38. The number of benzene rings is 1. The van der Waals surface area contributed by atoms with E-state index in [0.717, 1.165) is 5.56 Å². The monoisotopic (exact) mass is 292 g/mol. The zero-order chi connectivity index (χ0) is 14.8. The predicted molar refractivity (Wildman–Crippen MR) is 73.0 cm³/mol. The van der Waals surface area contributed by atoms with Crippen molar-refractivity contribution in [1.29, 1.82) is 0 Å². The SMILES string of the molecule is Cc1ccc(S(=O)(=O)Cc2ncccc2[N+](=O)[O-])cc1. The van der Waals surface area contributed by atoms with Gasteiger partial charge in [0.1, 0.15) is 11.4 Å². The molecule has 1 aromatic carbocycles. The molecule has 0 N–H and O–H groups in total. The summed E-state index contributed by atoms with van der Waals surface area (Å²) in [6.45, 7) is 1.85.